The van der Waals surface area contributed by atoms with Crippen LogP contribution in [0.25, 0.3) is 0 Å². The fourth-order valence-electron chi connectivity index (χ4n) is 6.29. The quantitative estimate of drug-likeness (QED) is 0.0262. The van der Waals surface area contributed by atoms with E-state index in [1.165, 1.54) is 0 Å². The first-order valence-electron chi connectivity index (χ1n) is 27.6. The van der Waals surface area contributed by atoms with Crippen LogP contribution in [0.5, 0.6) is 0 Å². The molecule has 0 saturated heterocycles. The topological polar surface area (TPSA) is 78.9 Å². The minimum Gasteiger partial charge on any atom is -0.462 e. The minimum absolute atomic E-state index is 0.163. The Balaban J connectivity index is 4.76. The predicted octanol–water partition coefficient (Wildman–Crippen LogP) is 18.9. The summed E-state index contributed by atoms with van der Waals surface area (Å²) in [5.74, 6) is -1.22. The lowest BCUT2D eigenvalue weighted by molar-refractivity contribution is -0.166. The van der Waals surface area contributed by atoms with Gasteiger partial charge in [-0.05, 0) is 135 Å². The highest BCUT2D eigenvalue weighted by molar-refractivity contribution is 5.71. The van der Waals surface area contributed by atoms with Gasteiger partial charge in [0.1, 0.15) is 13.2 Å². The molecule has 1 unspecified atom stereocenters. The molecule has 0 spiro atoms. The van der Waals surface area contributed by atoms with Gasteiger partial charge in [-0.25, -0.2) is 0 Å². The molecule has 0 aliphatic rings. The first kappa shape index (κ1) is 67.0. The average molecular weight is 997 g/mol. The third-order valence-electron chi connectivity index (χ3n) is 10.3. The van der Waals surface area contributed by atoms with Crippen molar-refractivity contribution in [3.63, 3.8) is 0 Å². The second-order valence-electron chi connectivity index (χ2n) is 17.0. The minimum atomic E-state index is -0.887. The summed E-state index contributed by atoms with van der Waals surface area (Å²) in [7, 11) is 0. The number of hydrogen-bond donors (Lipinski definition) is 0. The van der Waals surface area contributed by atoms with E-state index in [0.29, 0.717) is 19.3 Å². The van der Waals surface area contributed by atoms with Crippen molar-refractivity contribution in [2.75, 3.05) is 13.2 Å². The van der Waals surface area contributed by atoms with E-state index in [4.69, 9.17) is 14.2 Å². The lowest BCUT2D eigenvalue weighted by atomic mass is 10.2. The number of hydrogen-bond acceptors (Lipinski definition) is 6. The van der Waals surface area contributed by atoms with Gasteiger partial charge in [0.2, 0.25) is 0 Å². The van der Waals surface area contributed by atoms with Crippen LogP contribution < -0.4 is 0 Å². The first-order chi connectivity index (χ1) is 36.0. The van der Waals surface area contributed by atoms with Crippen LogP contribution in [0, 0.1) is 0 Å². The van der Waals surface area contributed by atoms with E-state index in [1.54, 1.807) is 0 Å². The average Bonchev–Trinajstić information content (AvgIpc) is 3.39. The third kappa shape index (κ3) is 56.8. The van der Waals surface area contributed by atoms with E-state index in [-0.39, 0.29) is 38.4 Å². The van der Waals surface area contributed by atoms with E-state index >= 15 is 0 Å². The molecule has 0 bridgehead atoms. The maximum absolute atomic E-state index is 12.8. The fourth-order valence-corrected chi connectivity index (χ4v) is 6.29. The van der Waals surface area contributed by atoms with Crippen molar-refractivity contribution < 1.29 is 28.6 Å². The molecule has 0 heterocycles. The Morgan fingerprint density at radius 3 is 0.767 bits per heavy atom. The van der Waals surface area contributed by atoms with Crippen LogP contribution in [0.4, 0.5) is 0 Å². The highest BCUT2D eigenvalue weighted by atomic mass is 16.6. The van der Waals surface area contributed by atoms with Crippen molar-refractivity contribution in [2.45, 2.75) is 181 Å². The van der Waals surface area contributed by atoms with Crippen LogP contribution in [0.1, 0.15) is 175 Å². The van der Waals surface area contributed by atoms with Crippen molar-refractivity contribution in [2.24, 2.45) is 0 Å². The normalized spacial score (nSPS) is 13.7. The zero-order valence-electron chi connectivity index (χ0n) is 45.5. The molecule has 1 atom stereocenters. The molecule has 73 heavy (non-hydrogen) atoms. The van der Waals surface area contributed by atoms with E-state index in [9.17, 15) is 14.4 Å². The summed E-state index contributed by atoms with van der Waals surface area (Å²) in [6.45, 7) is 6.08. The molecule has 0 radical (unpaired) electrons. The molecule has 0 amide bonds. The second-order valence-corrected chi connectivity index (χ2v) is 17.0. The van der Waals surface area contributed by atoms with Crippen molar-refractivity contribution in [3.8, 4) is 0 Å². The number of allylic oxidation sites excluding steroid dienone is 34. The molecule has 0 aliphatic carbocycles. The molecule has 0 aliphatic heterocycles. The lowest BCUT2D eigenvalue weighted by Gasteiger charge is -2.18. The van der Waals surface area contributed by atoms with Gasteiger partial charge in [-0.2, -0.15) is 0 Å². The van der Waals surface area contributed by atoms with Gasteiger partial charge in [-0.3, -0.25) is 14.4 Å². The standard InChI is InChI=1S/C67H96O6/c1-4-7-10-13-16-19-22-25-28-31-33-36-39-42-45-48-51-54-57-60-66(69)72-63-64(62-71-65(68)59-56-53-50-47-44-41-38-35-30-27-24-21-18-15-12-9-6-3)73-67(70)61-58-55-52-49-46-43-40-37-34-32-29-26-23-20-17-14-11-8-5-2/h7-12,16-21,25-30,33-34,36-38,41-43,45-47,50-52,54-55,64H,4-6,13-15,22-24,31-32,35,39-40,44,48-49,53,56-63H2,1-3H3/b10-7-,11-8-,12-9-,19-16-,20-17-,21-18-,28-25-,29-26-,30-27-,36-33-,37-34-,41-38-,45-42-,46-43-,50-47-,54-51-,55-52-. The Hall–Kier alpha value is -6.01. The van der Waals surface area contributed by atoms with Crippen LogP contribution in [0.3, 0.4) is 0 Å². The smallest absolute Gasteiger partial charge is 0.306 e. The van der Waals surface area contributed by atoms with Gasteiger partial charge in [-0.15, -0.1) is 0 Å². The van der Waals surface area contributed by atoms with Crippen LogP contribution >= 0.6 is 0 Å². The van der Waals surface area contributed by atoms with Crippen LogP contribution in [-0.2, 0) is 28.6 Å². The first-order valence-corrected chi connectivity index (χ1v) is 27.6. The Kier molecular flexibility index (Phi) is 53.7. The molecular weight excluding hydrogens is 901 g/mol. The molecule has 0 aromatic heterocycles. The molecule has 400 valence electrons. The van der Waals surface area contributed by atoms with E-state index < -0.39 is 18.0 Å². The maximum Gasteiger partial charge on any atom is 0.306 e. The van der Waals surface area contributed by atoms with Gasteiger partial charge < -0.3 is 14.2 Å². The molecule has 6 nitrogen and oxygen atoms in total. The molecule has 0 aromatic carbocycles. The van der Waals surface area contributed by atoms with Gasteiger partial charge in [0.25, 0.3) is 0 Å². The summed E-state index contributed by atoms with van der Waals surface area (Å²) >= 11 is 0. The van der Waals surface area contributed by atoms with Gasteiger partial charge >= 0.3 is 17.9 Å². The summed E-state index contributed by atoms with van der Waals surface area (Å²) in [4.78, 5) is 38.1. The van der Waals surface area contributed by atoms with Gasteiger partial charge in [0, 0.05) is 19.3 Å². The highest BCUT2D eigenvalue weighted by Crippen LogP contribution is 2.08. The Morgan fingerprint density at radius 2 is 0.493 bits per heavy atom. The number of carbonyl (C=O) groups is 3. The molecule has 0 fully saturated rings. The molecule has 0 N–H and O–H groups in total. The van der Waals surface area contributed by atoms with Crippen LogP contribution in [0.15, 0.2) is 207 Å². The zero-order chi connectivity index (χ0) is 52.9. The second kappa shape index (κ2) is 58.6. The van der Waals surface area contributed by atoms with E-state index in [2.05, 4.69) is 203 Å². The lowest BCUT2D eigenvalue weighted by Crippen LogP contribution is -2.30. The molecule has 6 heteroatoms. The predicted molar refractivity (Wildman–Crippen MR) is 315 cm³/mol. The number of rotatable bonds is 46. The number of unbranched alkanes of at least 4 members (excludes halogenated alkanes) is 1. The van der Waals surface area contributed by atoms with Crippen molar-refractivity contribution in [1.82, 2.24) is 0 Å². The maximum atomic E-state index is 12.8. The molecule has 0 saturated carbocycles. The van der Waals surface area contributed by atoms with E-state index in [0.717, 1.165) is 116 Å². The van der Waals surface area contributed by atoms with E-state index in [1.807, 2.05) is 24.3 Å². The van der Waals surface area contributed by atoms with Crippen molar-refractivity contribution in [3.05, 3.63) is 207 Å². The molecule has 0 rings (SSSR count). The van der Waals surface area contributed by atoms with Crippen LogP contribution in [0.2, 0.25) is 0 Å². The summed E-state index contributed by atoms with van der Waals surface area (Å²) in [5.41, 5.74) is 0. The zero-order valence-corrected chi connectivity index (χ0v) is 45.5. The monoisotopic (exact) mass is 997 g/mol. The Labute approximate surface area is 445 Å². The third-order valence-corrected chi connectivity index (χ3v) is 10.3. The largest absolute Gasteiger partial charge is 0.462 e. The van der Waals surface area contributed by atoms with Gasteiger partial charge in [0.15, 0.2) is 6.10 Å². The SMILES string of the molecule is CC/C=C\C/C=C\C/C=C\C/C=C\C/C=C\C/C=C\CCC(=O)OCC(COC(=O)CCC/C=C\C/C=C\C/C=C\C/C=C\C/C=C\CC)OC(=O)CC/C=C\C/C=C\C/C=C\C/C=C\C/C=C\C/C=C\CC. The summed E-state index contributed by atoms with van der Waals surface area (Å²) in [6, 6.07) is 0. The number of esters is 3. The van der Waals surface area contributed by atoms with Crippen LogP contribution in [-0.4, -0.2) is 37.2 Å². The van der Waals surface area contributed by atoms with Gasteiger partial charge in [0.05, 0.1) is 0 Å². The summed E-state index contributed by atoms with van der Waals surface area (Å²) in [5, 5.41) is 0. The molecular formula is C67H96O6. The number of ether oxygens (including phenoxy) is 3. The van der Waals surface area contributed by atoms with Crippen molar-refractivity contribution in [1.29, 1.82) is 0 Å². The fraction of sp³-hybridized carbons (Fsp3) is 0.448. The Morgan fingerprint density at radius 1 is 0.274 bits per heavy atom. The summed E-state index contributed by atoms with van der Waals surface area (Å²) in [6.07, 6.45) is 91.3. The highest BCUT2D eigenvalue weighted by Gasteiger charge is 2.19. The van der Waals surface area contributed by atoms with Crippen molar-refractivity contribution >= 4 is 17.9 Å². The number of carbonyl (C=O) groups excluding carboxylic acids is 3. The summed E-state index contributed by atoms with van der Waals surface area (Å²) < 4.78 is 16.6. The Bertz CT molecular complexity index is 1860. The molecule has 0 aromatic rings. The van der Waals surface area contributed by atoms with Gasteiger partial charge in [-0.1, -0.05) is 227 Å².